The first-order chi connectivity index (χ1) is 18.1. The molecule has 0 spiro atoms. The topological polar surface area (TPSA) is 92.9 Å². The van der Waals surface area contributed by atoms with Gasteiger partial charge in [0, 0.05) is 35.4 Å². The van der Waals surface area contributed by atoms with E-state index in [0.717, 1.165) is 71.1 Å². The number of aryl methyl sites for hydroxylation is 3. The van der Waals surface area contributed by atoms with E-state index in [9.17, 15) is 9.90 Å². The van der Waals surface area contributed by atoms with Crippen molar-refractivity contribution in [2.75, 3.05) is 11.9 Å². The molecule has 3 aromatic heterocycles. The summed E-state index contributed by atoms with van der Waals surface area (Å²) in [7, 11) is 0. The molecule has 4 heterocycles. The highest BCUT2D eigenvalue weighted by atomic mass is 16.4. The summed E-state index contributed by atoms with van der Waals surface area (Å²) in [5.74, 6) is 0.180. The van der Waals surface area contributed by atoms with Crippen molar-refractivity contribution in [2.24, 2.45) is 0 Å². The zero-order chi connectivity index (χ0) is 25.2. The van der Waals surface area contributed by atoms with Crippen LogP contribution in [0.25, 0.3) is 21.8 Å². The standard InChI is InChI=1S/C30H29N5O2/c36-29(37)17-28(23-16-22-6-1-2-9-26(22)32-18-23)35-19-24-15-20(10-13-27(24)34-35)5-3-8-25-12-11-21-7-4-14-31-30(21)33-25/h1-2,6,9-13,15-16,18-19,28H,3-5,7-8,14,17H2,(H,31,33)(H,36,37)/t28-/m0/s1. The molecule has 2 N–H and O–H groups in total. The van der Waals surface area contributed by atoms with Crippen molar-refractivity contribution < 1.29 is 9.90 Å². The molecule has 0 saturated carbocycles. The fraction of sp³-hybridized carbons (Fsp3) is 0.267. The molecule has 0 saturated heterocycles. The quantitative estimate of drug-likeness (QED) is 0.294. The highest BCUT2D eigenvalue weighted by Gasteiger charge is 2.20. The molecule has 7 heteroatoms. The number of pyridine rings is 2. The van der Waals surface area contributed by atoms with Crippen LogP contribution in [0.5, 0.6) is 0 Å². The predicted molar refractivity (Wildman–Crippen MR) is 145 cm³/mol. The average Bonchev–Trinajstić information content (AvgIpc) is 3.34. The average molecular weight is 492 g/mol. The van der Waals surface area contributed by atoms with Gasteiger partial charge in [0.1, 0.15) is 5.82 Å². The number of carboxylic acids is 1. The lowest BCUT2D eigenvalue weighted by Crippen LogP contribution is -2.16. The van der Waals surface area contributed by atoms with Crippen molar-refractivity contribution in [2.45, 2.75) is 44.6 Å². The minimum Gasteiger partial charge on any atom is -0.481 e. The first-order valence-electron chi connectivity index (χ1n) is 12.9. The maximum Gasteiger partial charge on any atom is 0.305 e. The summed E-state index contributed by atoms with van der Waals surface area (Å²) in [5, 5.41) is 19.8. The van der Waals surface area contributed by atoms with Crippen molar-refractivity contribution in [1.29, 1.82) is 0 Å². The fourth-order valence-corrected chi connectivity index (χ4v) is 5.19. The molecule has 0 bridgehead atoms. The van der Waals surface area contributed by atoms with Gasteiger partial charge in [0.15, 0.2) is 0 Å². The van der Waals surface area contributed by atoms with Crippen LogP contribution in [0.2, 0.25) is 0 Å². The smallest absolute Gasteiger partial charge is 0.305 e. The minimum atomic E-state index is -0.871. The Morgan fingerprint density at radius 3 is 2.86 bits per heavy atom. The monoisotopic (exact) mass is 491 g/mol. The van der Waals surface area contributed by atoms with Crippen molar-refractivity contribution >= 4 is 33.6 Å². The number of anilines is 1. The van der Waals surface area contributed by atoms with E-state index in [4.69, 9.17) is 10.1 Å². The summed E-state index contributed by atoms with van der Waals surface area (Å²) < 4.78 is 1.78. The summed E-state index contributed by atoms with van der Waals surface area (Å²) in [6, 6.07) is 20.1. The second-order valence-corrected chi connectivity index (χ2v) is 9.77. The first-order valence-corrected chi connectivity index (χ1v) is 12.9. The molecule has 1 aliphatic heterocycles. The number of hydrogen-bond donors (Lipinski definition) is 2. The van der Waals surface area contributed by atoms with E-state index in [0.29, 0.717) is 0 Å². The third-order valence-electron chi connectivity index (χ3n) is 7.12. The van der Waals surface area contributed by atoms with Crippen LogP contribution in [0.3, 0.4) is 0 Å². The molecular formula is C30H29N5O2. The van der Waals surface area contributed by atoms with Gasteiger partial charge in [-0.3, -0.25) is 14.5 Å². The van der Waals surface area contributed by atoms with Crippen LogP contribution in [0.1, 0.15) is 47.7 Å². The van der Waals surface area contributed by atoms with Gasteiger partial charge in [-0.2, -0.15) is 5.10 Å². The van der Waals surface area contributed by atoms with E-state index in [1.54, 1.807) is 10.9 Å². The van der Waals surface area contributed by atoms with Gasteiger partial charge in [-0.15, -0.1) is 0 Å². The van der Waals surface area contributed by atoms with Gasteiger partial charge in [-0.1, -0.05) is 30.3 Å². The lowest BCUT2D eigenvalue weighted by Gasteiger charge is -2.17. The van der Waals surface area contributed by atoms with Crippen molar-refractivity contribution in [3.8, 4) is 0 Å². The highest BCUT2D eigenvalue weighted by molar-refractivity contribution is 5.80. The third-order valence-corrected chi connectivity index (χ3v) is 7.12. The van der Waals surface area contributed by atoms with E-state index in [1.165, 1.54) is 17.5 Å². The molecule has 0 unspecified atom stereocenters. The van der Waals surface area contributed by atoms with Crippen LogP contribution >= 0.6 is 0 Å². The summed E-state index contributed by atoms with van der Waals surface area (Å²) >= 11 is 0. The fourth-order valence-electron chi connectivity index (χ4n) is 5.19. The molecule has 5 aromatic rings. The maximum absolute atomic E-state index is 11.7. The maximum atomic E-state index is 11.7. The Balaban J connectivity index is 1.20. The van der Waals surface area contributed by atoms with Gasteiger partial charge in [0.2, 0.25) is 0 Å². The van der Waals surface area contributed by atoms with Gasteiger partial charge in [0.05, 0.1) is 23.5 Å². The summed E-state index contributed by atoms with van der Waals surface area (Å²) in [6.45, 7) is 1.00. The molecule has 0 aliphatic carbocycles. The van der Waals surface area contributed by atoms with Crippen molar-refractivity contribution in [3.63, 3.8) is 0 Å². The minimum absolute atomic E-state index is 0.0660. The molecule has 1 atom stereocenters. The van der Waals surface area contributed by atoms with Gasteiger partial charge < -0.3 is 10.4 Å². The molecule has 2 aromatic carbocycles. The molecule has 6 rings (SSSR count). The van der Waals surface area contributed by atoms with Crippen LogP contribution in [0, 0.1) is 0 Å². The molecule has 1 aliphatic rings. The van der Waals surface area contributed by atoms with Gasteiger partial charge in [0.25, 0.3) is 0 Å². The number of rotatable bonds is 8. The van der Waals surface area contributed by atoms with E-state index < -0.39 is 12.0 Å². The van der Waals surface area contributed by atoms with Crippen LogP contribution in [0.15, 0.2) is 73.1 Å². The van der Waals surface area contributed by atoms with Gasteiger partial charge in [-0.25, -0.2) is 4.98 Å². The molecular weight excluding hydrogens is 462 g/mol. The molecule has 37 heavy (non-hydrogen) atoms. The lowest BCUT2D eigenvalue weighted by atomic mass is 10.0. The van der Waals surface area contributed by atoms with E-state index in [2.05, 4.69) is 34.6 Å². The Kier molecular flexibility index (Phi) is 6.26. The number of carboxylic acid groups (broad SMARTS) is 1. The largest absolute Gasteiger partial charge is 0.481 e. The zero-order valence-electron chi connectivity index (χ0n) is 20.6. The number of para-hydroxylation sites is 1. The molecule has 7 nitrogen and oxygen atoms in total. The van der Waals surface area contributed by atoms with Crippen molar-refractivity contribution in [1.82, 2.24) is 19.7 Å². The first kappa shape index (κ1) is 23.2. The predicted octanol–water partition coefficient (Wildman–Crippen LogP) is 5.58. The molecule has 0 radical (unpaired) electrons. The molecule has 0 amide bonds. The molecule has 186 valence electrons. The zero-order valence-corrected chi connectivity index (χ0v) is 20.6. The Bertz CT molecular complexity index is 1590. The Labute approximate surface area is 215 Å². The van der Waals surface area contributed by atoms with Crippen molar-refractivity contribution in [3.05, 3.63) is 95.4 Å². The van der Waals surface area contributed by atoms with Gasteiger partial charge >= 0.3 is 5.97 Å². The summed E-state index contributed by atoms with van der Waals surface area (Å²) in [6.07, 6.45) is 8.81. The summed E-state index contributed by atoms with van der Waals surface area (Å²) in [5.41, 5.74) is 6.26. The van der Waals surface area contributed by atoms with Crippen LogP contribution in [-0.4, -0.2) is 37.4 Å². The number of aromatic nitrogens is 4. The Morgan fingerprint density at radius 1 is 1.03 bits per heavy atom. The number of fused-ring (bicyclic) bond motifs is 3. The number of nitrogens with zero attached hydrogens (tertiary/aromatic N) is 4. The number of benzene rings is 2. The number of nitrogens with one attached hydrogen (secondary N) is 1. The van der Waals surface area contributed by atoms with E-state index >= 15 is 0 Å². The highest BCUT2D eigenvalue weighted by Crippen LogP contribution is 2.27. The lowest BCUT2D eigenvalue weighted by molar-refractivity contribution is -0.137. The van der Waals surface area contributed by atoms with Crippen LogP contribution in [0.4, 0.5) is 5.82 Å². The molecule has 0 fully saturated rings. The van der Waals surface area contributed by atoms with E-state index in [-0.39, 0.29) is 6.42 Å². The van der Waals surface area contributed by atoms with Crippen LogP contribution < -0.4 is 5.32 Å². The Morgan fingerprint density at radius 2 is 1.95 bits per heavy atom. The Hall–Kier alpha value is -4.26. The summed E-state index contributed by atoms with van der Waals surface area (Å²) in [4.78, 5) is 21.1. The van der Waals surface area contributed by atoms with Gasteiger partial charge in [-0.05, 0) is 79.1 Å². The van der Waals surface area contributed by atoms with Crippen LogP contribution in [-0.2, 0) is 24.1 Å². The second kappa shape index (κ2) is 10.0. The number of carbonyl (C=O) groups is 1. The third kappa shape index (κ3) is 5.03. The SMILES string of the molecule is O=C(O)C[C@@H](c1cnc2ccccc2c1)n1cc2cc(CCCc3ccc4c(n3)NCCC4)ccc2n1. The second-order valence-electron chi connectivity index (χ2n) is 9.77. The normalized spacial score (nSPS) is 13.8. The number of aliphatic carboxylic acids is 1. The number of hydrogen-bond acceptors (Lipinski definition) is 5. The van der Waals surface area contributed by atoms with E-state index in [1.807, 2.05) is 42.6 Å².